The van der Waals surface area contributed by atoms with Crippen LogP contribution in [0.4, 0.5) is 5.69 Å². The second kappa shape index (κ2) is 6.16. The lowest BCUT2D eigenvalue weighted by Gasteiger charge is -2.22. The maximum atomic E-state index is 5.66. The van der Waals surface area contributed by atoms with Gasteiger partial charge in [0.2, 0.25) is 0 Å². The molecule has 1 aliphatic heterocycles. The fourth-order valence-corrected chi connectivity index (χ4v) is 2.79. The number of hydrogen-bond acceptors (Lipinski definition) is 4. The topological polar surface area (TPSA) is 45.6 Å². The summed E-state index contributed by atoms with van der Waals surface area (Å²) in [5.41, 5.74) is 1.06. The van der Waals surface area contributed by atoms with Crippen LogP contribution in [0.5, 0.6) is 5.75 Å². The van der Waals surface area contributed by atoms with Crippen LogP contribution in [-0.2, 0) is 0 Å². The van der Waals surface area contributed by atoms with Crippen LogP contribution < -0.4 is 15.4 Å². The molecule has 2 bridgehead atoms. The molecule has 3 rings (SSSR count). The van der Waals surface area contributed by atoms with Crippen molar-refractivity contribution in [1.82, 2.24) is 5.32 Å². The number of hydrogen-bond donors (Lipinski definition) is 2. The zero-order valence-corrected chi connectivity index (χ0v) is 12.1. The predicted molar refractivity (Wildman–Crippen MR) is 82.5 cm³/mol. The third-order valence-corrected chi connectivity index (χ3v) is 3.94. The number of anilines is 1. The lowest BCUT2D eigenvalue weighted by Crippen LogP contribution is -2.41. The van der Waals surface area contributed by atoms with E-state index in [1.54, 1.807) is 0 Å². The van der Waals surface area contributed by atoms with Crippen molar-refractivity contribution in [2.45, 2.75) is 51.1 Å². The summed E-state index contributed by atoms with van der Waals surface area (Å²) in [5, 5.41) is 6.82. The molecule has 1 saturated carbocycles. The molecule has 1 aliphatic carbocycles. The Bertz CT molecular complexity index is 469. The Labute approximate surface area is 120 Å². The summed E-state index contributed by atoms with van der Waals surface area (Å²) < 4.78 is 5.66. The number of nitrogens with zero attached hydrogens (tertiary/aromatic N) is 1. The zero-order valence-electron chi connectivity index (χ0n) is 12.1. The molecule has 4 nitrogen and oxygen atoms in total. The Kier molecular flexibility index (Phi) is 4.09. The summed E-state index contributed by atoms with van der Waals surface area (Å²) in [4.78, 5) is 4.68. The summed E-state index contributed by atoms with van der Waals surface area (Å²) in [6.45, 7) is 2.96. The highest BCUT2D eigenvalue weighted by atomic mass is 16.5. The van der Waals surface area contributed by atoms with Crippen LogP contribution in [0.3, 0.4) is 0 Å². The van der Waals surface area contributed by atoms with Crippen molar-refractivity contribution >= 4 is 11.6 Å². The number of nitrogens with one attached hydrogen (secondary N) is 2. The van der Waals surface area contributed by atoms with Crippen LogP contribution in [0.15, 0.2) is 29.3 Å². The van der Waals surface area contributed by atoms with Gasteiger partial charge in [0.25, 0.3) is 0 Å². The average molecular weight is 273 g/mol. The molecule has 2 atom stereocenters. The van der Waals surface area contributed by atoms with E-state index in [0.717, 1.165) is 36.8 Å². The van der Waals surface area contributed by atoms with Crippen LogP contribution in [0.25, 0.3) is 0 Å². The quantitative estimate of drug-likeness (QED) is 0.810. The monoisotopic (exact) mass is 273 g/mol. The van der Waals surface area contributed by atoms with Gasteiger partial charge in [-0.2, -0.15) is 0 Å². The molecule has 2 N–H and O–H groups in total. The Balaban J connectivity index is 1.55. The molecular formula is C16H23N3O. The van der Waals surface area contributed by atoms with E-state index < -0.39 is 0 Å². The minimum absolute atomic E-state index is 0.514. The molecular weight excluding hydrogens is 250 g/mol. The lowest BCUT2D eigenvalue weighted by molar-refractivity contribution is 0.309. The highest BCUT2D eigenvalue weighted by Gasteiger charge is 2.29. The van der Waals surface area contributed by atoms with Gasteiger partial charge in [-0.25, -0.2) is 4.99 Å². The average Bonchev–Trinajstić information content (AvgIpc) is 2.80. The molecule has 1 fully saturated rings. The van der Waals surface area contributed by atoms with Crippen LogP contribution in [0.1, 0.15) is 39.0 Å². The van der Waals surface area contributed by atoms with Crippen molar-refractivity contribution in [3.05, 3.63) is 24.3 Å². The first kappa shape index (κ1) is 13.3. The number of guanidine groups is 1. The summed E-state index contributed by atoms with van der Waals surface area (Å²) in [6, 6.07) is 9.23. The molecule has 2 aliphatic rings. The summed E-state index contributed by atoms with van der Waals surface area (Å²) >= 11 is 0. The molecule has 0 saturated heterocycles. The van der Waals surface area contributed by atoms with E-state index in [2.05, 4.69) is 22.5 Å². The Hall–Kier alpha value is -1.71. The van der Waals surface area contributed by atoms with E-state index in [-0.39, 0.29) is 0 Å². The normalized spacial score (nSPS) is 23.9. The second-order valence-corrected chi connectivity index (χ2v) is 5.64. The number of rotatable bonds is 5. The van der Waals surface area contributed by atoms with Gasteiger partial charge in [0.05, 0.1) is 12.6 Å². The van der Waals surface area contributed by atoms with E-state index in [1.165, 1.54) is 19.3 Å². The first-order valence-electron chi connectivity index (χ1n) is 7.67. The van der Waals surface area contributed by atoms with Crippen molar-refractivity contribution in [3.8, 4) is 5.75 Å². The molecule has 1 aromatic carbocycles. The van der Waals surface area contributed by atoms with Gasteiger partial charge in [-0.1, -0.05) is 13.3 Å². The summed E-state index contributed by atoms with van der Waals surface area (Å²) in [6.07, 6.45) is 5.91. The van der Waals surface area contributed by atoms with Gasteiger partial charge in [-0.05, 0) is 49.9 Å². The number of fused-ring (bicyclic) bond motifs is 2. The molecule has 108 valence electrons. The minimum atomic E-state index is 0.514. The third kappa shape index (κ3) is 3.24. The highest BCUT2D eigenvalue weighted by Crippen LogP contribution is 2.26. The first-order chi connectivity index (χ1) is 9.83. The summed E-state index contributed by atoms with van der Waals surface area (Å²) in [7, 11) is 0. The highest BCUT2D eigenvalue weighted by molar-refractivity contribution is 5.94. The molecule has 1 heterocycles. The van der Waals surface area contributed by atoms with Crippen LogP contribution in [-0.4, -0.2) is 24.7 Å². The molecule has 20 heavy (non-hydrogen) atoms. The molecule has 4 heteroatoms. The van der Waals surface area contributed by atoms with E-state index in [0.29, 0.717) is 12.1 Å². The molecule has 0 amide bonds. The molecule has 0 aromatic heterocycles. The van der Waals surface area contributed by atoms with Gasteiger partial charge in [0.15, 0.2) is 5.96 Å². The smallest absolute Gasteiger partial charge is 0.196 e. The minimum Gasteiger partial charge on any atom is -0.494 e. The number of benzene rings is 1. The standard InChI is InChI=1S/C16H23N3O/c1-2-3-10-20-15-8-6-12(7-9-15)17-16-18-13-4-5-14(11-13)19-16/h6-9,13-14H,2-5,10-11H2,1H3,(H2,17,18,19). The lowest BCUT2D eigenvalue weighted by atomic mass is 10.2. The van der Waals surface area contributed by atoms with E-state index in [9.17, 15) is 0 Å². The Morgan fingerprint density at radius 3 is 2.90 bits per heavy atom. The number of unbranched alkanes of at least 4 members (excludes halogenated alkanes) is 1. The second-order valence-electron chi connectivity index (χ2n) is 5.64. The van der Waals surface area contributed by atoms with Crippen molar-refractivity contribution in [1.29, 1.82) is 0 Å². The van der Waals surface area contributed by atoms with Gasteiger partial charge < -0.3 is 15.4 Å². The van der Waals surface area contributed by atoms with Crippen molar-refractivity contribution in [2.24, 2.45) is 4.99 Å². The molecule has 1 aromatic rings. The van der Waals surface area contributed by atoms with Crippen molar-refractivity contribution in [3.63, 3.8) is 0 Å². The van der Waals surface area contributed by atoms with E-state index >= 15 is 0 Å². The van der Waals surface area contributed by atoms with Gasteiger partial charge in [-0.3, -0.25) is 0 Å². The predicted octanol–water partition coefficient (Wildman–Crippen LogP) is 3.16. The van der Waals surface area contributed by atoms with Crippen LogP contribution in [0, 0.1) is 0 Å². The number of aliphatic imine (C=N–C) groups is 1. The van der Waals surface area contributed by atoms with Gasteiger partial charge in [-0.15, -0.1) is 0 Å². The first-order valence-corrected chi connectivity index (χ1v) is 7.67. The van der Waals surface area contributed by atoms with Gasteiger partial charge in [0, 0.05) is 11.7 Å². The zero-order chi connectivity index (χ0) is 13.8. The van der Waals surface area contributed by atoms with Crippen LogP contribution >= 0.6 is 0 Å². The van der Waals surface area contributed by atoms with Crippen LogP contribution in [0.2, 0.25) is 0 Å². The number of ether oxygens (including phenoxy) is 1. The summed E-state index contributed by atoms with van der Waals surface area (Å²) in [5.74, 6) is 1.85. The Morgan fingerprint density at radius 2 is 2.15 bits per heavy atom. The van der Waals surface area contributed by atoms with Gasteiger partial charge >= 0.3 is 0 Å². The van der Waals surface area contributed by atoms with E-state index in [4.69, 9.17) is 4.74 Å². The molecule has 0 radical (unpaired) electrons. The van der Waals surface area contributed by atoms with E-state index in [1.807, 2.05) is 24.3 Å². The largest absolute Gasteiger partial charge is 0.494 e. The third-order valence-electron chi connectivity index (χ3n) is 3.94. The Morgan fingerprint density at radius 1 is 1.30 bits per heavy atom. The maximum Gasteiger partial charge on any atom is 0.196 e. The molecule has 2 unspecified atom stereocenters. The SMILES string of the molecule is CCCCOc1ccc(NC2=NC3CCC(C3)N2)cc1. The van der Waals surface area contributed by atoms with Gasteiger partial charge in [0.1, 0.15) is 5.75 Å². The maximum absolute atomic E-state index is 5.66. The van der Waals surface area contributed by atoms with Crippen molar-refractivity contribution < 1.29 is 4.74 Å². The molecule has 0 spiro atoms. The fraction of sp³-hybridized carbons (Fsp3) is 0.562. The fourth-order valence-electron chi connectivity index (χ4n) is 2.79. The van der Waals surface area contributed by atoms with Crippen molar-refractivity contribution in [2.75, 3.05) is 11.9 Å².